The molecular formula is C19H19Cl2N5O. The number of hydrogen-bond acceptors (Lipinski definition) is 4. The fraction of sp³-hybridized carbons (Fsp3) is 0.316. The molecule has 140 valence electrons. The lowest BCUT2D eigenvalue weighted by Crippen LogP contribution is -2.40. The van der Waals surface area contributed by atoms with E-state index in [1.165, 1.54) is 5.56 Å². The Bertz CT molecular complexity index is 992. The van der Waals surface area contributed by atoms with E-state index in [9.17, 15) is 4.79 Å². The van der Waals surface area contributed by atoms with Crippen LogP contribution in [0.25, 0.3) is 0 Å². The standard InChI is InChI=1S/C19H19Cl2N5O/c1-10-12-4-6-23-17(18(12)25-24-10)13-9-26(7-5-16(13)22)19(27)11-2-3-14(20)15(21)8-11/h2-3,8H,4-7,9,22H2,1H3,(H,24,25). The summed E-state index contributed by atoms with van der Waals surface area (Å²) in [6, 6.07) is 4.92. The second kappa shape index (κ2) is 7.02. The number of amides is 1. The molecule has 0 saturated carbocycles. The van der Waals surface area contributed by atoms with E-state index in [-0.39, 0.29) is 5.91 Å². The van der Waals surface area contributed by atoms with Gasteiger partial charge in [0.05, 0.1) is 15.8 Å². The zero-order valence-corrected chi connectivity index (χ0v) is 16.4. The molecule has 3 heterocycles. The number of carbonyl (C=O) groups excluding carboxylic acids is 1. The molecule has 1 aromatic carbocycles. The van der Waals surface area contributed by atoms with Crippen LogP contribution in [0.4, 0.5) is 0 Å². The second-order valence-corrected chi connectivity index (χ2v) is 7.58. The second-order valence-electron chi connectivity index (χ2n) is 6.77. The number of carbonyl (C=O) groups is 1. The summed E-state index contributed by atoms with van der Waals surface area (Å²) in [6.07, 6.45) is 1.46. The van der Waals surface area contributed by atoms with Crippen LogP contribution in [0.3, 0.4) is 0 Å². The number of benzene rings is 1. The van der Waals surface area contributed by atoms with E-state index in [1.807, 2.05) is 6.92 Å². The molecule has 1 amide bonds. The van der Waals surface area contributed by atoms with Gasteiger partial charge in [-0.3, -0.25) is 14.9 Å². The molecule has 2 aliphatic rings. The quantitative estimate of drug-likeness (QED) is 0.806. The molecule has 2 aliphatic heterocycles. The van der Waals surface area contributed by atoms with Crippen LogP contribution in [0, 0.1) is 6.92 Å². The predicted molar refractivity (Wildman–Crippen MR) is 107 cm³/mol. The summed E-state index contributed by atoms with van der Waals surface area (Å²) < 4.78 is 0. The number of nitrogens with two attached hydrogens (primary N) is 1. The molecule has 8 heteroatoms. The lowest BCUT2D eigenvalue weighted by Gasteiger charge is -2.31. The zero-order valence-electron chi connectivity index (χ0n) is 14.9. The van der Waals surface area contributed by atoms with E-state index in [1.54, 1.807) is 23.1 Å². The van der Waals surface area contributed by atoms with Crippen LogP contribution in [-0.4, -0.2) is 46.4 Å². The molecule has 1 aromatic heterocycles. The molecule has 2 aromatic rings. The van der Waals surface area contributed by atoms with E-state index < -0.39 is 0 Å². The zero-order chi connectivity index (χ0) is 19.1. The third-order valence-electron chi connectivity index (χ3n) is 5.06. The first kappa shape index (κ1) is 18.1. The minimum atomic E-state index is -0.103. The van der Waals surface area contributed by atoms with Crippen molar-refractivity contribution in [2.24, 2.45) is 10.7 Å². The minimum Gasteiger partial charge on any atom is -0.402 e. The molecule has 0 atom stereocenters. The number of H-pyrrole nitrogens is 1. The molecule has 0 radical (unpaired) electrons. The maximum atomic E-state index is 12.9. The van der Waals surface area contributed by atoms with Gasteiger partial charge in [-0.05, 0) is 31.5 Å². The fourth-order valence-corrected chi connectivity index (χ4v) is 3.83. The number of fused-ring (bicyclic) bond motifs is 1. The lowest BCUT2D eigenvalue weighted by molar-refractivity contribution is 0.0766. The summed E-state index contributed by atoms with van der Waals surface area (Å²) >= 11 is 12.0. The Morgan fingerprint density at radius 2 is 2.07 bits per heavy atom. The van der Waals surface area contributed by atoms with Gasteiger partial charge in [-0.2, -0.15) is 5.10 Å². The molecule has 0 aliphatic carbocycles. The number of nitrogens with zero attached hydrogens (tertiary/aromatic N) is 3. The van der Waals surface area contributed by atoms with Crippen molar-refractivity contribution in [1.29, 1.82) is 0 Å². The molecule has 0 fully saturated rings. The summed E-state index contributed by atoms with van der Waals surface area (Å²) in [5.41, 5.74) is 12.3. The lowest BCUT2D eigenvalue weighted by atomic mass is 9.94. The van der Waals surface area contributed by atoms with Gasteiger partial charge in [0.25, 0.3) is 5.91 Å². The summed E-state index contributed by atoms with van der Waals surface area (Å²) in [4.78, 5) is 19.4. The number of rotatable bonds is 2. The SMILES string of the molecule is Cc1[nH]nc2c1CCN=C2C1=C(N)CCN(C(=O)c2ccc(Cl)c(Cl)c2)C1. The predicted octanol–water partition coefficient (Wildman–Crippen LogP) is 3.13. The Hall–Kier alpha value is -2.31. The number of aliphatic imine (C=N–C) groups is 1. The molecule has 0 unspecified atom stereocenters. The van der Waals surface area contributed by atoms with Crippen molar-refractivity contribution in [3.63, 3.8) is 0 Å². The monoisotopic (exact) mass is 403 g/mol. The Morgan fingerprint density at radius 1 is 1.26 bits per heavy atom. The van der Waals surface area contributed by atoms with Crippen molar-refractivity contribution >= 4 is 34.8 Å². The van der Waals surface area contributed by atoms with E-state index in [0.717, 1.165) is 34.8 Å². The maximum Gasteiger partial charge on any atom is 0.254 e. The first-order valence-corrected chi connectivity index (χ1v) is 9.52. The van der Waals surface area contributed by atoms with Crippen molar-refractivity contribution in [3.05, 3.63) is 62.0 Å². The Kier molecular flexibility index (Phi) is 4.70. The van der Waals surface area contributed by atoms with Crippen molar-refractivity contribution in [2.75, 3.05) is 19.6 Å². The van der Waals surface area contributed by atoms with Crippen molar-refractivity contribution in [2.45, 2.75) is 19.8 Å². The summed E-state index contributed by atoms with van der Waals surface area (Å²) in [7, 11) is 0. The normalized spacial score (nSPS) is 17.0. The summed E-state index contributed by atoms with van der Waals surface area (Å²) in [5.74, 6) is -0.103. The number of aromatic amines is 1. The number of aryl methyl sites for hydroxylation is 1. The Labute approximate surface area is 167 Å². The highest BCUT2D eigenvalue weighted by Crippen LogP contribution is 2.27. The molecule has 27 heavy (non-hydrogen) atoms. The van der Waals surface area contributed by atoms with Crippen molar-refractivity contribution in [1.82, 2.24) is 15.1 Å². The number of hydrogen-bond donors (Lipinski definition) is 2. The van der Waals surface area contributed by atoms with E-state index in [4.69, 9.17) is 28.9 Å². The largest absolute Gasteiger partial charge is 0.402 e. The van der Waals surface area contributed by atoms with E-state index in [0.29, 0.717) is 41.7 Å². The summed E-state index contributed by atoms with van der Waals surface area (Å²) in [6.45, 7) is 3.65. The molecule has 0 bridgehead atoms. The molecular weight excluding hydrogens is 385 g/mol. The first-order valence-electron chi connectivity index (χ1n) is 8.76. The molecule has 0 spiro atoms. The topological polar surface area (TPSA) is 87.4 Å². The van der Waals surface area contributed by atoms with Gasteiger partial charge in [0.2, 0.25) is 0 Å². The average molecular weight is 404 g/mol. The number of nitrogens with one attached hydrogen (secondary N) is 1. The molecule has 0 saturated heterocycles. The van der Waals surface area contributed by atoms with Gasteiger partial charge in [0, 0.05) is 54.1 Å². The van der Waals surface area contributed by atoms with Crippen molar-refractivity contribution < 1.29 is 4.79 Å². The summed E-state index contributed by atoms with van der Waals surface area (Å²) in [5, 5.41) is 8.24. The van der Waals surface area contributed by atoms with Crippen molar-refractivity contribution in [3.8, 4) is 0 Å². The van der Waals surface area contributed by atoms with Crippen LogP contribution < -0.4 is 5.73 Å². The highest BCUT2D eigenvalue weighted by molar-refractivity contribution is 6.42. The van der Waals surface area contributed by atoms with Crippen LogP contribution in [0.2, 0.25) is 10.0 Å². The van der Waals surface area contributed by atoms with Crippen LogP contribution >= 0.6 is 23.2 Å². The van der Waals surface area contributed by atoms with Crippen LogP contribution in [0.15, 0.2) is 34.5 Å². The van der Waals surface area contributed by atoms with Crippen LogP contribution in [0.1, 0.15) is 33.7 Å². The minimum absolute atomic E-state index is 0.103. The number of halogens is 2. The van der Waals surface area contributed by atoms with Crippen LogP contribution in [-0.2, 0) is 6.42 Å². The highest BCUT2D eigenvalue weighted by Gasteiger charge is 2.29. The molecule has 6 nitrogen and oxygen atoms in total. The van der Waals surface area contributed by atoms with Gasteiger partial charge in [0.15, 0.2) is 0 Å². The highest BCUT2D eigenvalue weighted by atomic mass is 35.5. The third-order valence-corrected chi connectivity index (χ3v) is 5.80. The van der Waals surface area contributed by atoms with Gasteiger partial charge < -0.3 is 10.6 Å². The van der Waals surface area contributed by atoms with E-state index >= 15 is 0 Å². The Balaban J connectivity index is 1.63. The van der Waals surface area contributed by atoms with Gasteiger partial charge in [-0.25, -0.2) is 0 Å². The van der Waals surface area contributed by atoms with Gasteiger partial charge in [0.1, 0.15) is 5.69 Å². The average Bonchev–Trinajstić information content (AvgIpc) is 3.05. The fourth-order valence-electron chi connectivity index (χ4n) is 3.54. The smallest absolute Gasteiger partial charge is 0.254 e. The Morgan fingerprint density at radius 3 is 2.85 bits per heavy atom. The van der Waals surface area contributed by atoms with E-state index in [2.05, 4.69) is 15.2 Å². The third kappa shape index (κ3) is 3.24. The van der Waals surface area contributed by atoms with Gasteiger partial charge in [-0.1, -0.05) is 23.2 Å². The van der Waals surface area contributed by atoms with Gasteiger partial charge in [-0.15, -0.1) is 0 Å². The molecule has 4 rings (SSSR count). The van der Waals surface area contributed by atoms with Crippen LogP contribution in [0.5, 0.6) is 0 Å². The number of aromatic nitrogens is 2. The first-order chi connectivity index (χ1) is 13.0. The molecule has 3 N–H and O–H groups in total. The maximum absolute atomic E-state index is 12.9. The van der Waals surface area contributed by atoms with Gasteiger partial charge >= 0.3 is 0 Å².